The molecule has 0 bridgehead atoms. The van der Waals surface area contributed by atoms with Crippen LogP contribution in [0, 0.1) is 5.82 Å². The molecule has 0 saturated carbocycles. The van der Waals surface area contributed by atoms with Crippen molar-refractivity contribution >= 4 is 11.5 Å². The van der Waals surface area contributed by atoms with Crippen molar-refractivity contribution in [1.82, 2.24) is 5.01 Å². The molecule has 1 aliphatic heterocycles. The van der Waals surface area contributed by atoms with E-state index in [1.807, 2.05) is 29.3 Å². The number of nitrogens with zero attached hydrogens (tertiary/aromatic N) is 2. The molecule has 0 radical (unpaired) electrons. The number of aryl methyl sites for hydroxylation is 1. The van der Waals surface area contributed by atoms with Crippen LogP contribution in [0.3, 0.4) is 0 Å². The van der Waals surface area contributed by atoms with Crippen molar-refractivity contribution in [3.8, 4) is 11.5 Å². The fraction of sp³-hybridized carbons (Fsp3) is 0.440. The van der Waals surface area contributed by atoms with E-state index in [4.69, 9.17) is 9.47 Å². The second-order valence-electron chi connectivity index (χ2n) is 7.77. The first kappa shape index (κ1) is 22.8. The minimum absolute atomic E-state index is 0.00844. The highest BCUT2D eigenvalue weighted by Gasteiger charge is 2.32. The zero-order valence-electron chi connectivity index (χ0n) is 18.6. The summed E-state index contributed by atoms with van der Waals surface area (Å²) in [4.78, 5) is 12.9. The molecule has 2 aromatic carbocycles. The van der Waals surface area contributed by atoms with Crippen molar-refractivity contribution in [3.63, 3.8) is 0 Å². The molecule has 31 heavy (non-hydrogen) atoms. The van der Waals surface area contributed by atoms with E-state index in [2.05, 4.69) is 12.0 Å². The Morgan fingerprint density at radius 2 is 1.90 bits per heavy atom. The Bertz CT molecular complexity index is 929. The first-order valence-electron chi connectivity index (χ1n) is 10.9. The van der Waals surface area contributed by atoms with Crippen LogP contribution in [-0.4, -0.2) is 37.3 Å². The number of Topliss-reactive ketones (excluding diaryl/α,β-unsaturated/α-hetero) is 1. The van der Waals surface area contributed by atoms with Gasteiger partial charge in [0.05, 0.1) is 20.3 Å². The van der Waals surface area contributed by atoms with Gasteiger partial charge in [-0.2, -0.15) is 5.10 Å². The van der Waals surface area contributed by atoms with Gasteiger partial charge in [-0.3, -0.25) is 9.80 Å². The van der Waals surface area contributed by atoms with Gasteiger partial charge in [0.25, 0.3) is 0 Å². The maximum absolute atomic E-state index is 14.4. The number of unbranched alkanes of at least 4 members (excludes halogenated alkanes) is 2. The van der Waals surface area contributed by atoms with E-state index < -0.39 is 0 Å². The van der Waals surface area contributed by atoms with Crippen LogP contribution in [0.2, 0.25) is 0 Å². The third-order valence-corrected chi connectivity index (χ3v) is 5.66. The number of carbonyl (C=O) groups is 1. The summed E-state index contributed by atoms with van der Waals surface area (Å²) in [6.45, 7) is 2.87. The van der Waals surface area contributed by atoms with E-state index in [1.54, 1.807) is 26.4 Å². The lowest BCUT2D eigenvalue weighted by Gasteiger charge is -2.24. The molecule has 3 rings (SSSR count). The molecule has 0 saturated heterocycles. The highest BCUT2D eigenvalue weighted by atomic mass is 19.1. The lowest BCUT2D eigenvalue weighted by atomic mass is 9.97. The quantitative estimate of drug-likeness (QED) is 0.455. The Kier molecular flexibility index (Phi) is 8.04. The van der Waals surface area contributed by atoms with E-state index in [0.717, 1.165) is 31.4 Å². The van der Waals surface area contributed by atoms with Crippen molar-refractivity contribution in [3.05, 3.63) is 59.4 Å². The molecule has 0 spiro atoms. The Hall–Kier alpha value is -2.89. The van der Waals surface area contributed by atoms with Gasteiger partial charge in [0.15, 0.2) is 17.3 Å². The highest BCUT2D eigenvalue weighted by Crippen LogP contribution is 2.33. The van der Waals surface area contributed by atoms with Crippen LogP contribution in [0.5, 0.6) is 11.5 Å². The van der Waals surface area contributed by atoms with Gasteiger partial charge in [-0.05, 0) is 36.6 Å². The van der Waals surface area contributed by atoms with Crippen LogP contribution in [0.25, 0.3) is 0 Å². The van der Waals surface area contributed by atoms with Gasteiger partial charge < -0.3 is 9.47 Å². The van der Waals surface area contributed by atoms with E-state index in [0.29, 0.717) is 42.0 Å². The molecule has 6 heteroatoms. The van der Waals surface area contributed by atoms with Crippen molar-refractivity contribution in [2.24, 2.45) is 5.10 Å². The number of hydrazone groups is 1. The summed E-state index contributed by atoms with van der Waals surface area (Å²) in [5, 5.41) is 6.52. The zero-order chi connectivity index (χ0) is 22.2. The lowest BCUT2D eigenvalue weighted by molar-refractivity contribution is -0.113. The fourth-order valence-corrected chi connectivity index (χ4v) is 3.91. The number of methoxy groups -OCH3 is 2. The second kappa shape index (κ2) is 10.9. The number of ether oxygens (including phenoxy) is 2. The zero-order valence-corrected chi connectivity index (χ0v) is 18.6. The molecule has 0 amide bonds. The summed E-state index contributed by atoms with van der Waals surface area (Å²) in [5.41, 5.74) is 2.13. The molecular formula is C25H31FN2O3. The molecule has 0 aromatic heterocycles. The maximum Gasteiger partial charge on any atom is 0.179 e. The summed E-state index contributed by atoms with van der Waals surface area (Å²) in [6, 6.07) is 12.2. The van der Waals surface area contributed by atoms with Crippen LogP contribution in [-0.2, 0) is 11.2 Å². The molecule has 1 atom stereocenters. The molecule has 0 fully saturated rings. The molecule has 2 aromatic rings. The fourth-order valence-electron chi connectivity index (χ4n) is 3.91. The van der Waals surface area contributed by atoms with Crippen molar-refractivity contribution in [2.45, 2.75) is 51.5 Å². The topological polar surface area (TPSA) is 51.1 Å². The van der Waals surface area contributed by atoms with Gasteiger partial charge in [-0.15, -0.1) is 0 Å². The third-order valence-electron chi connectivity index (χ3n) is 5.66. The lowest BCUT2D eigenvalue weighted by Crippen LogP contribution is -2.21. The molecule has 5 nitrogen and oxygen atoms in total. The van der Waals surface area contributed by atoms with Gasteiger partial charge in [0, 0.05) is 24.9 Å². The highest BCUT2D eigenvalue weighted by molar-refractivity contribution is 6.40. The maximum atomic E-state index is 14.4. The second-order valence-corrected chi connectivity index (χ2v) is 7.77. The van der Waals surface area contributed by atoms with Crippen LogP contribution < -0.4 is 9.47 Å². The Labute approximate surface area is 183 Å². The smallest absolute Gasteiger partial charge is 0.179 e. The molecule has 1 aliphatic rings. The molecule has 0 aliphatic carbocycles. The minimum Gasteiger partial charge on any atom is -0.493 e. The number of benzene rings is 2. The third kappa shape index (κ3) is 5.63. The van der Waals surface area contributed by atoms with Crippen molar-refractivity contribution in [1.29, 1.82) is 0 Å². The Morgan fingerprint density at radius 3 is 2.61 bits per heavy atom. The van der Waals surface area contributed by atoms with Gasteiger partial charge in [-0.25, -0.2) is 4.39 Å². The minimum atomic E-state index is -0.248. The van der Waals surface area contributed by atoms with E-state index in [-0.39, 0.29) is 17.6 Å². The average molecular weight is 427 g/mol. The predicted octanol–water partition coefficient (Wildman–Crippen LogP) is 5.34. The number of hydrogen-bond acceptors (Lipinski definition) is 5. The monoisotopic (exact) mass is 426 g/mol. The van der Waals surface area contributed by atoms with Gasteiger partial charge in [0.1, 0.15) is 11.5 Å². The Balaban J connectivity index is 1.69. The Morgan fingerprint density at radius 1 is 1.13 bits per heavy atom. The normalized spacial score (nSPS) is 15.7. The van der Waals surface area contributed by atoms with Crippen LogP contribution in [0.1, 0.15) is 56.2 Å². The van der Waals surface area contributed by atoms with Crippen molar-refractivity contribution < 1.29 is 18.7 Å². The number of carbonyl (C=O) groups excluding carboxylic acids is 1. The summed E-state index contributed by atoms with van der Waals surface area (Å²) in [5.74, 6) is 1.07. The van der Waals surface area contributed by atoms with Crippen LogP contribution >= 0.6 is 0 Å². The van der Waals surface area contributed by atoms with Gasteiger partial charge >= 0.3 is 0 Å². The summed E-state index contributed by atoms with van der Waals surface area (Å²) in [7, 11) is 3.19. The number of ketones is 1. The van der Waals surface area contributed by atoms with E-state index in [9.17, 15) is 9.18 Å². The average Bonchev–Trinajstić information content (AvgIpc) is 3.21. The number of hydrogen-bond donors (Lipinski definition) is 0. The van der Waals surface area contributed by atoms with Crippen LogP contribution in [0.4, 0.5) is 4.39 Å². The first-order valence-corrected chi connectivity index (χ1v) is 10.9. The molecule has 166 valence electrons. The summed E-state index contributed by atoms with van der Waals surface area (Å²) >= 11 is 0. The molecule has 0 N–H and O–H groups in total. The van der Waals surface area contributed by atoms with Gasteiger partial charge in [-0.1, -0.05) is 44.0 Å². The number of halogens is 1. The first-order chi connectivity index (χ1) is 15.1. The summed E-state index contributed by atoms with van der Waals surface area (Å²) in [6.07, 6.45) is 4.52. The molecule has 1 heterocycles. The van der Waals surface area contributed by atoms with Crippen molar-refractivity contribution in [2.75, 3.05) is 20.8 Å². The number of rotatable bonds is 11. The SMILES string of the molecule is CCCCCN1N=C(C(=O)CCc2ccc(OC)c(OC)c2)CC1c1ccccc1F. The molecule has 1 unspecified atom stereocenters. The predicted molar refractivity (Wildman–Crippen MR) is 120 cm³/mol. The summed E-state index contributed by atoms with van der Waals surface area (Å²) < 4.78 is 25.1. The standard InChI is InChI=1S/C25H31FN2O3/c1-4-5-8-15-28-22(19-9-6-7-10-20(19)26)17-21(27-28)23(29)13-11-18-12-14-24(30-2)25(16-18)31-3/h6-7,9-10,12,14,16,22H,4-5,8,11,13,15,17H2,1-3H3. The van der Waals surface area contributed by atoms with Crippen LogP contribution in [0.15, 0.2) is 47.6 Å². The molecular weight excluding hydrogens is 395 g/mol. The van der Waals surface area contributed by atoms with Gasteiger partial charge in [0.2, 0.25) is 0 Å². The van der Waals surface area contributed by atoms with E-state index in [1.165, 1.54) is 6.07 Å². The van der Waals surface area contributed by atoms with E-state index >= 15 is 0 Å². The largest absolute Gasteiger partial charge is 0.493 e.